The predicted molar refractivity (Wildman–Crippen MR) is 111 cm³/mol. The first-order chi connectivity index (χ1) is 14.1. The molecule has 0 saturated carbocycles. The van der Waals surface area contributed by atoms with E-state index in [4.69, 9.17) is 9.47 Å². The largest absolute Gasteiger partial charge is 0.465 e. The van der Waals surface area contributed by atoms with Gasteiger partial charge in [0.2, 0.25) is 5.41 Å². The van der Waals surface area contributed by atoms with Crippen LogP contribution in [-0.4, -0.2) is 36.6 Å². The van der Waals surface area contributed by atoms with Gasteiger partial charge >= 0.3 is 11.9 Å². The molecule has 0 N–H and O–H groups in total. The van der Waals surface area contributed by atoms with E-state index in [1.165, 1.54) is 0 Å². The maximum atomic E-state index is 13.3. The van der Waals surface area contributed by atoms with Crippen molar-refractivity contribution in [3.63, 3.8) is 0 Å². The molecule has 3 rings (SSSR count). The standard InChI is InChI=1S/C24H27NO4/c1-4-28-22(26)24(23(27)29-5-2)18(3)16-25(17-19-12-8-6-9-13-19)21(24)20-14-10-7-11-15-20/h6-15,21H,3-5,16-17H2,1-2H3. The van der Waals surface area contributed by atoms with Crippen molar-refractivity contribution in [1.29, 1.82) is 0 Å². The lowest BCUT2D eigenvalue weighted by atomic mass is 9.74. The molecular weight excluding hydrogens is 366 g/mol. The lowest BCUT2D eigenvalue weighted by Gasteiger charge is -2.35. The van der Waals surface area contributed by atoms with Crippen LogP contribution in [0.25, 0.3) is 0 Å². The third-order valence-electron chi connectivity index (χ3n) is 5.27. The van der Waals surface area contributed by atoms with Gasteiger partial charge in [-0.05, 0) is 30.5 Å². The summed E-state index contributed by atoms with van der Waals surface area (Å²) in [6.07, 6.45) is 0. The molecule has 1 heterocycles. The van der Waals surface area contributed by atoms with Crippen LogP contribution >= 0.6 is 0 Å². The number of hydrogen-bond acceptors (Lipinski definition) is 5. The molecule has 2 aromatic rings. The van der Waals surface area contributed by atoms with Crippen LogP contribution in [0.5, 0.6) is 0 Å². The Bertz CT molecular complexity index is 845. The van der Waals surface area contributed by atoms with E-state index < -0.39 is 23.4 Å². The normalized spacial score (nSPS) is 18.4. The van der Waals surface area contributed by atoms with E-state index in [0.717, 1.165) is 11.1 Å². The molecule has 0 aliphatic carbocycles. The van der Waals surface area contributed by atoms with Gasteiger partial charge in [0.25, 0.3) is 0 Å². The average molecular weight is 393 g/mol. The molecule has 1 aliphatic rings. The highest BCUT2D eigenvalue weighted by atomic mass is 16.6. The fraction of sp³-hybridized carbons (Fsp3) is 0.333. The number of carbonyl (C=O) groups is 2. The minimum absolute atomic E-state index is 0.174. The molecule has 152 valence electrons. The van der Waals surface area contributed by atoms with Gasteiger partial charge in [0.1, 0.15) is 0 Å². The molecule has 0 radical (unpaired) electrons. The fourth-order valence-electron chi connectivity index (χ4n) is 4.07. The second kappa shape index (κ2) is 9.05. The third-order valence-corrected chi connectivity index (χ3v) is 5.27. The number of nitrogens with zero attached hydrogens (tertiary/aromatic N) is 1. The van der Waals surface area contributed by atoms with E-state index in [1.807, 2.05) is 60.7 Å². The minimum Gasteiger partial charge on any atom is -0.465 e. The van der Waals surface area contributed by atoms with E-state index in [0.29, 0.717) is 18.7 Å². The van der Waals surface area contributed by atoms with Gasteiger partial charge < -0.3 is 9.47 Å². The average Bonchev–Trinajstić information content (AvgIpc) is 3.02. The van der Waals surface area contributed by atoms with Crippen LogP contribution in [0.15, 0.2) is 72.8 Å². The summed E-state index contributed by atoms with van der Waals surface area (Å²) in [7, 11) is 0. The van der Waals surface area contributed by atoms with Crippen molar-refractivity contribution in [3.8, 4) is 0 Å². The summed E-state index contributed by atoms with van der Waals surface area (Å²) in [4.78, 5) is 28.6. The Morgan fingerprint density at radius 1 is 0.966 bits per heavy atom. The SMILES string of the molecule is C=C1CN(Cc2ccccc2)C(c2ccccc2)C1(C(=O)OCC)C(=O)OCC. The fourth-order valence-corrected chi connectivity index (χ4v) is 4.07. The summed E-state index contributed by atoms with van der Waals surface area (Å²) in [5.74, 6) is -1.21. The highest BCUT2D eigenvalue weighted by Crippen LogP contribution is 2.52. The highest BCUT2D eigenvalue weighted by molar-refractivity contribution is 6.05. The number of hydrogen-bond donors (Lipinski definition) is 0. The molecule has 1 unspecified atom stereocenters. The van der Waals surface area contributed by atoms with Gasteiger partial charge in [-0.2, -0.15) is 0 Å². The Morgan fingerprint density at radius 2 is 1.48 bits per heavy atom. The number of rotatable bonds is 7. The molecule has 1 atom stereocenters. The lowest BCUT2D eigenvalue weighted by Crippen LogP contribution is -2.47. The molecule has 5 heteroatoms. The number of benzene rings is 2. The van der Waals surface area contributed by atoms with Gasteiger partial charge in [-0.15, -0.1) is 0 Å². The first-order valence-corrected chi connectivity index (χ1v) is 9.91. The van der Waals surface area contributed by atoms with Gasteiger partial charge in [-0.1, -0.05) is 67.2 Å². The van der Waals surface area contributed by atoms with E-state index in [9.17, 15) is 9.59 Å². The Kier molecular flexibility index (Phi) is 6.49. The second-order valence-corrected chi connectivity index (χ2v) is 7.06. The van der Waals surface area contributed by atoms with Crippen molar-refractivity contribution in [2.75, 3.05) is 19.8 Å². The summed E-state index contributed by atoms with van der Waals surface area (Å²) in [6, 6.07) is 19.0. The van der Waals surface area contributed by atoms with Crippen LogP contribution in [0.1, 0.15) is 31.0 Å². The smallest absolute Gasteiger partial charge is 0.329 e. The lowest BCUT2D eigenvalue weighted by molar-refractivity contribution is -0.171. The van der Waals surface area contributed by atoms with E-state index in [2.05, 4.69) is 11.5 Å². The second-order valence-electron chi connectivity index (χ2n) is 7.06. The maximum absolute atomic E-state index is 13.3. The zero-order valence-corrected chi connectivity index (χ0v) is 17.0. The summed E-state index contributed by atoms with van der Waals surface area (Å²) < 4.78 is 10.8. The Morgan fingerprint density at radius 3 is 2.00 bits per heavy atom. The molecule has 5 nitrogen and oxygen atoms in total. The summed E-state index contributed by atoms with van der Waals surface area (Å²) in [6.45, 7) is 8.91. The molecule has 0 amide bonds. The van der Waals surface area contributed by atoms with Gasteiger partial charge in [-0.3, -0.25) is 14.5 Å². The van der Waals surface area contributed by atoms with Crippen LogP contribution in [0, 0.1) is 5.41 Å². The van der Waals surface area contributed by atoms with Crippen molar-refractivity contribution in [1.82, 2.24) is 4.90 Å². The highest BCUT2D eigenvalue weighted by Gasteiger charge is 2.63. The van der Waals surface area contributed by atoms with E-state index in [-0.39, 0.29) is 13.2 Å². The molecule has 1 fully saturated rings. The van der Waals surface area contributed by atoms with Crippen LogP contribution in [0.2, 0.25) is 0 Å². The zero-order chi connectivity index (χ0) is 20.9. The Labute approximate surface area is 171 Å². The number of esters is 2. The van der Waals surface area contributed by atoms with Gasteiger partial charge in [-0.25, -0.2) is 0 Å². The Hall–Kier alpha value is -2.92. The Balaban J connectivity index is 2.14. The van der Waals surface area contributed by atoms with Crippen molar-refractivity contribution in [2.24, 2.45) is 5.41 Å². The minimum atomic E-state index is -1.60. The van der Waals surface area contributed by atoms with Gasteiger partial charge in [0.05, 0.1) is 19.3 Å². The summed E-state index contributed by atoms with van der Waals surface area (Å²) >= 11 is 0. The molecule has 0 bridgehead atoms. The first-order valence-electron chi connectivity index (χ1n) is 9.91. The van der Waals surface area contributed by atoms with Crippen molar-refractivity contribution < 1.29 is 19.1 Å². The summed E-state index contributed by atoms with van der Waals surface area (Å²) in [5.41, 5.74) is 0.842. The van der Waals surface area contributed by atoms with Gasteiger partial charge in [0.15, 0.2) is 0 Å². The molecular formula is C24H27NO4. The molecule has 0 spiro atoms. The maximum Gasteiger partial charge on any atom is 0.329 e. The topological polar surface area (TPSA) is 55.8 Å². The van der Waals surface area contributed by atoms with Crippen LogP contribution < -0.4 is 0 Å². The molecule has 1 aliphatic heterocycles. The van der Waals surface area contributed by atoms with Crippen LogP contribution in [0.3, 0.4) is 0 Å². The predicted octanol–water partition coefficient (Wildman–Crippen LogP) is 3.91. The van der Waals surface area contributed by atoms with E-state index in [1.54, 1.807) is 13.8 Å². The van der Waals surface area contributed by atoms with Crippen molar-refractivity contribution in [2.45, 2.75) is 26.4 Å². The quantitative estimate of drug-likeness (QED) is 0.406. The van der Waals surface area contributed by atoms with Crippen molar-refractivity contribution >= 4 is 11.9 Å². The number of ether oxygens (including phenoxy) is 2. The van der Waals surface area contributed by atoms with Crippen LogP contribution in [-0.2, 0) is 25.6 Å². The molecule has 29 heavy (non-hydrogen) atoms. The zero-order valence-electron chi connectivity index (χ0n) is 17.0. The van der Waals surface area contributed by atoms with Crippen molar-refractivity contribution in [3.05, 3.63) is 83.9 Å². The van der Waals surface area contributed by atoms with Crippen LogP contribution in [0.4, 0.5) is 0 Å². The third kappa shape index (κ3) is 3.83. The molecule has 0 aromatic heterocycles. The van der Waals surface area contributed by atoms with E-state index >= 15 is 0 Å². The first kappa shape index (κ1) is 20.8. The van der Waals surface area contributed by atoms with Gasteiger partial charge in [0, 0.05) is 13.1 Å². The molecule has 2 aromatic carbocycles. The molecule has 1 saturated heterocycles. The number of carbonyl (C=O) groups excluding carboxylic acids is 2. The summed E-state index contributed by atoms with van der Waals surface area (Å²) in [5, 5.41) is 0. The number of likely N-dealkylation sites (tertiary alicyclic amines) is 1. The monoisotopic (exact) mass is 393 g/mol.